The summed E-state index contributed by atoms with van der Waals surface area (Å²) >= 11 is 3.40. The molecule has 0 aliphatic carbocycles. The van der Waals surface area contributed by atoms with Gasteiger partial charge in [-0.3, -0.25) is 4.79 Å². The van der Waals surface area contributed by atoms with Crippen LogP contribution in [0.5, 0.6) is 5.75 Å². The number of ether oxygens (including phenoxy) is 1. The molecular formula is C18H17BrN4O2. The Hall–Kier alpha value is -2.67. The van der Waals surface area contributed by atoms with E-state index < -0.39 is 0 Å². The lowest BCUT2D eigenvalue weighted by Gasteiger charge is -2.07. The molecule has 0 spiro atoms. The Kier molecular flexibility index (Phi) is 5.14. The van der Waals surface area contributed by atoms with Crippen molar-refractivity contribution in [2.24, 2.45) is 0 Å². The van der Waals surface area contributed by atoms with E-state index in [0.717, 1.165) is 15.9 Å². The Balaban J connectivity index is 1.77. The van der Waals surface area contributed by atoms with Crippen molar-refractivity contribution in [1.82, 2.24) is 15.0 Å². The van der Waals surface area contributed by atoms with Crippen LogP contribution >= 0.6 is 15.9 Å². The van der Waals surface area contributed by atoms with Crippen LogP contribution in [0.25, 0.3) is 5.69 Å². The van der Waals surface area contributed by atoms with Crippen molar-refractivity contribution < 1.29 is 9.53 Å². The molecule has 1 heterocycles. The van der Waals surface area contributed by atoms with E-state index in [-0.39, 0.29) is 11.6 Å². The van der Waals surface area contributed by atoms with Gasteiger partial charge < -0.3 is 10.1 Å². The van der Waals surface area contributed by atoms with Gasteiger partial charge in [-0.1, -0.05) is 21.1 Å². The number of carbonyl (C=O) groups is 1. The molecule has 0 aliphatic rings. The number of rotatable bonds is 5. The first-order valence-corrected chi connectivity index (χ1v) is 8.60. The molecule has 0 unspecified atom stereocenters. The minimum absolute atomic E-state index is 0.289. The molecule has 0 atom stereocenters. The number of benzene rings is 2. The van der Waals surface area contributed by atoms with Gasteiger partial charge in [0.2, 0.25) is 0 Å². The first kappa shape index (κ1) is 17.2. The van der Waals surface area contributed by atoms with Gasteiger partial charge in [-0.05, 0) is 62.4 Å². The number of hydrogen-bond acceptors (Lipinski definition) is 4. The first-order valence-electron chi connectivity index (χ1n) is 7.81. The molecule has 0 aliphatic heterocycles. The topological polar surface area (TPSA) is 69.0 Å². The largest absolute Gasteiger partial charge is 0.494 e. The predicted molar refractivity (Wildman–Crippen MR) is 99.4 cm³/mol. The third-order valence-electron chi connectivity index (χ3n) is 3.60. The normalized spacial score (nSPS) is 10.5. The van der Waals surface area contributed by atoms with Gasteiger partial charge in [0.15, 0.2) is 5.69 Å². The molecule has 1 aromatic heterocycles. The molecule has 0 saturated heterocycles. The van der Waals surface area contributed by atoms with Crippen molar-refractivity contribution >= 4 is 27.5 Å². The molecule has 0 radical (unpaired) electrons. The molecule has 6 nitrogen and oxygen atoms in total. The van der Waals surface area contributed by atoms with E-state index in [1.165, 1.54) is 0 Å². The summed E-state index contributed by atoms with van der Waals surface area (Å²) in [6, 6.07) is 14.8. The Morgan fingerprint density at radius 1 is 1.16 bits per heavy atom. The lowest BCUT2D eigenvalue weighted by Crippen LogP contribution is -2.14. The number of nitrogens with one attached hydrogen (secondary N) is 1. The minimum Gasteiger partial charge on any atom is -0.494 e. The molecule has 1 amide bonds. The maximum atomic E-state index is 12.5. The summed E-state index contributed by atoms with van der Waals surface area (Å²) in [7, 11) is 0. The van der Waals surface area contributed by atoms with Gasteiger partial charge in [0.25, 0.3) is 5.91 Å². The lowest BCUT2D eigenvalue weighted by atomic mass is 10.2. The van der Waals surface area contributed by atoms with Gasteiger partial charge in [-0.25, -0.2) is 4.68 Å². The molecule has 128 valence electrons. The van der Waals surface area contributed by atoms with Crippen LogP contribution in [0.2, 0.25) is 0 Å². The van der Waals surface area contributed by atoms with Crippen molar-refractivity contribution in [2.75, 3.05) is 11.9 Å². The second kappa shape index (κ2) is 7.48. The van der Waals surface area contributed by atoms with Gasteiger partial charge in [0.05, 0.1) is 18.0 Å². The van der Waals surface area contributed by atoms with E-state index in [2.05, 4.69) is 31.6 Å². The Morgan fingerprint density at radius 3 is 2.48 bits per heavy atom. The van der Waals surface area contributed by atoms with Crippen LogP contribution in [0.15, 0.2) is 53.0 Å². The summed E-state index contributed by atoms with van der Waals surface area (Å²) in [4.78, 5) is 12.5. The Morgan fingerprint density at radius 2 is 1.84 bits per heavy atom. The summed E-state index contributed by atoms with van der Waals surface area (Å²) in [6.07, 6.45) is 0. The zero-order valence-corrected chi connectivity index (χ0v) is 15.4. The van der Waals surface area contributed by atoms with E-state index in [1.807, 2.05) is 50.2 Å². The zero-order chi connectivity index (χ0) is 17.8. The number of amides is 1. The molecule has 7 heteroatoms. The van der Waals surface area contributed by atoms with Crippen LogP contribution < -0.4 is 10.1 Å². The van der Waals surface area contributed by atoms with E-state index >= 15 is 0 Å². The summed E-state index contributed by atoms with van der Waals surface area (Å²) in [5.74, 6) is 0.461. The maximum absolute atomic E-state index is 12.5. The van der Waals surface area contributed by atoms with Gasteiger partial charge in [-0.15, -0.1) is 5.10 Å². The highest BCUT2D eigenvalue weighted by Gasteiger charge is 2.17. The van der Waals surface area contributed by atoms with Gasteiger partial charge in [-0.2, -0.15) is 0 Å². The molecule has 0 saturated carbocycles. The Bertz CT molecular complexity index is 873. The van der Waals surface area contributed by atoms with E-state index in [4.69, 9.17) is 4.74 Å². The smallest absolute Gasteiger partial charge is 0.278 e. The lowest BCUT2D eigenvalue weighted by molar-refractivity contribution is 0.102. The SMILES string of the molecule is CCOc1ccc(NC(=O)c2nnn(-c3ccc(Br)cc3)c2C)cc1. The highest BCUT2D eigenvalue weighted by Crippen LogP contribution is 2.18. The average Bonchev–Trinajstić information content (AvgIpc) is 2.99. The van der Waals surface area contributed by atoms with E-state index in [9.17, 15) is 4.79 Å². The highest BCUT2D eigenvalue weighted by molar-refractivity contribution is 9.10. The number of carbonyl (C=O) groups excluding carboxylic acids is 1. The molecule has 3 rings (SSSR count). The van der Waals surface area contributed by atoms with Crippen molar-refractivity contribution in [2.45, 2.75) is 13.8 Å². The van der Waals surface area contributed by atoms with Crippen molar-refractivity contribution in [3.8, 4) is 11.4 Å². The maximum Gasteiger partial charge on any atom is 0.278 e. The first-order chi connectivity index (χ1) is 12.1. The van der Waals surface area contributed by atoms with Crippen LogP contribution in [-0.2, 0) is 0 Å². The molecule has 25 heavy (non-hydrogen) atoms. The van der Waals surface area contributed by atoms with Gasteiger partial charge in [0, 0.05) is 10.2 Å². The number of aromatic nitrogens is 3. The summed E-state index contributed by atoms with van der Waals surface area (Å²) in [5.41, 5.74) is 2.47. The quantitative estimate of drug-likeness (QED) is 0.702. The molecule has 3 aromatic rings. The number of hydrogen-bond donors (Lipinski definition) is 1. The fourth-order valence-electron chi connectivity index (χ4n) is 2.36. The number of halogens is 1. The molecule has 0 bridgehead atoms. The third-order valence-corrected chi connectivity index (χ3v) is 4.13. The van der Waals surface area contributed by atoms with Crippen LogP contribution in [0.1, 0.15) is 23.1 Å². The Labute approximate surface area is 153 Å². The summed E-state index contributed by atoms with van der Waals surface area (Å²) < 4.78 is 8.00. The monoisotopic (exact) mass is 400 g/mol. The van der Waals surface area contributed by atoms with Crippen LogP contribution in [0.3, 0.4) is 0 Å². The number of anilines is 1. The standard InChI is InChI=1S/C18H17BrN4O2/c1-3-25-16-10-6-14(7-11-16)20-18(24)17-12(2)23(22-21-17)15-8-4-13(19)5-9-15/h4-11H,3H2,1-2H3,(H,20,24). The van der Waals surface area contributed by atoms with Crippen molar-refractivity contribution in [1.29, 1.82) is 0 Å². The third kappa shape index (κ3) is 3.88. The van der Waals surface area contributed by atoms with Crippen LogP contribution in [-0.4, -0.2) is 27.5 Å². The van der Waals surface area contributed by atoms with E-state index in [1.54, 1.807) is 16.8 Å². The van der Waals surface area contributed by atoms with E-state index in [0.29, 0.717) is 18.0 Å². The average molecular weight is 401 g/mol. The minimum atomic E-state index is -0.301. The fourth-order valence-corrected chi connectivity index (χ4v) is 2.62. The molecule has 2 aromatic carbocycles. The summed E-state index contributed by atoms with van der Waals surface area (Å²) in [5, 5.41) is 10.9. The molecular weight excluding hydrogens is 384 g/mol. The predicted octanol–water partition coefficient (Wildman–Crippen LogP) is 3.99. The second-order valence-electron chi connectivity index (χ2n) is 5.32. The van der Waals surface area contributed by atoms with Crippen molar-refractivity contribution in [3.05, 3.63) is 64.4 Å². The van der Waals surface area contributed by atoms with Crippen molar-refractivity contribution in [3.63, 3.8) is 0 Å². The van der Waals surface area contributed by atoms with Crippen LogP contribution in [0.4, 0.5) is 5.69 Å². The summed E-state index contributed by atoms with van der Waals surface area (Å²) in [6.45, 7) is 4.34. The molecule has 0 fully saturated rings. The fraction of sp³-hybridized carbons (Fsp3) is 0.167. The van der Waals surface area contributed by atoms with Crippen LogP contribution in [0, 0.1) is 6.92 Å². The molecule has 1 N–H and O–H groups in total. The van der Waals surface area contributed by atoms with Gasteiger partial charge >= 0.3 is 0 Å². The van der Waals surface area contributed by atoms with Gasteiger partial charge in [0.1, 0.15) is 5.75 Å². The highest BCUT2D eigenvalue weighted by atomic mass is 79.9. The number of nitrogens with zero attached hydrogens (tertiary/aromatic N) is 3. The second-order valence-corrected chi connectivity index (χ2v) is 6.24. The zero-order valence-electron chi connectivity index (χ0n) is 13.9.